The van der Waals surface area contributed by atoms with E-state index in [4.69, 9.17) is 5.11 Å². The van der Waals surface area contributed by atoms with E-state index in [-0.39, 0.29) is 29.4 Å². The lowest BCUT2D eigenvalue weighted by atomic mass is 9.97. The highest BCUT2D eigenvalue weighted by Crippen LogP contribution is 2.48. The SMILES string of the molecule is CC1=C(C(=O)O)N2C(=O)C(CNC=O)[C@H]2S1. The zero-order chi connectivity index (χ0) is 11.9. The van der Waals surface area contributed by atoms with Crippen LogP contribution in [0, 0.1) is 5.92 Å². The van der Waals surface area contributed by atoms with Crippen LogP contribution in [0.15, 0.2) is 10.6 Å². The Labute approximate surface area is 95.7 Å². The van der Waals surface area contributed by atoms with Crippen LogP contribution in [0.2, 0.25) is 0 Å². The third-order valence-electron chi connectivity index (χ3n) is 2.65. The van der Waals surface area contributed by atoms with Gasteiger partial charge in [0.1, 0.15) is 11.1 Å². The smallest absolute Gasteiger partial charge is 0.353 e. The summed E-state index contributed by atoms with van der Waals surface area (Å²) in [7, 11) is 0. The molecule has 0 spiro atoms. The summed E-state index contributed by atoms with van der Waals surface area (Å²) in [5.41, 5.74) is 0.0716. The minimum absolute atomic E-state index is 0.0716. The number of hydrogen-bond acceptors (Lipinski definition) is 4. The number of fused-ring (bicyclic) bond motifs is 1. The molecule has 2 N–H and O–H groups in total. The van der Waals surface area contributed by atoms with Crippen molar-refractivity contribution in [3.63, 3.8) is 0 Å². The van der Waals surface area contributed by atoms with Crippen molar-refractivity contribution < 1.29 is 19.5 Å². The Kier molecular flexibility index (Phi) is 2.63. The van der Waals surface area contributed by atoms with E-state index in [1.165, 1.54) is 16.7 Å². The van der Waals surface area contributed by atoms with E-state index in [1.807, 2.05) is 0 Å². The average molecular weight is 242 g/mol. The summed E-state index contributed by atoms with van der Waals surface area (Å²) in [6.45, 7) is 1.95. The minimum Gasteiger partial charge on any atom is -0.477 e. The maximum Gasteiger partial charge on any atom is 0.353 e. The van der Waals surface area contributed by atoms with Crippen LogP contribution in [0.3, 0.4) is 0 Å². The summed E-state index contributed by atoms with van der Waals surface area (Å²) in [5, 5.41) is 11.2. The van der Waals surface area contributed by atoms with Gasteiger partial charge in [-0.25, -0.2) is 4.79 Å². The molecular formula is C9H10N2O4S. The first kappa shape index (κ1) is 11.0. The van der Waals surface area contributed by atoms with Crippen LogP contribution in [0.5, 0.6) is 0 Å². The normalized spacial score (nSPS) is 27.6. The average Bonchev–Trinajstić information content (AvgIpc) is 2.53. The molecule has 2 aliphatic heterocycles. The molecule has 0 aromatic rings. The fraction of sp³-hybridized carbons (Fsp3) is 0.444. The molecule has 0 saturated carbocycles. The molecule has 0 aliphatic carbocycles. The molecule has 7 heteroatoms. The molecule has 16 heavy (non-hydrogen) atoms. The number of amides is 2. The number of carbonyl (C=O) groups excluding carboxylic acids is 2. The van der Waals surface area contributed by atoms with Gasteiger partial charge in [0.15, 0.2) is 0 Å². The molecule has 2 heterocycles. The molecule has 1 unspecified atom stereocenters. The maximum atomic E-state index is 11.7. The predicted octanol–water partition coefficient (Wildman–Crippen LogP) is -0.420. The Bertz CT molecular complexity index is 406. The lowest BCUT2D eigenvalue weighted by Gasteiger charge is -2.42. The third kappa shape index (κ3) is 1.39. The van der Waals surface area contributed by atoms with Crippen molar-refractivity contribution in [1.82, 2.24) is 10.2 Å². The van der Waals surface area contributed by atoms with E-state index in [0.29, 0.717) is 11.3 Å². The summed E-state index contributed by atoms with van der Waals surface area (Å²) in [5.74, 6) is -1.63. The fourth-order valence-corrected chi connectivity index (χ4v) is 3.27. The molecule has 0 radical (unpaired) electrons. The van der Waals surface area contributed by atoms with E-state index in [0.717, 1.165) is 0 Å². The van der Waals surface area contributed by atoms with Crippen molar-refractivity contribution in [2.24, 2.45) is 5.92 Å². The summed E-state index contributed by atoms with van der Waals surface area (Å²) >= 11 is 1.36. The standard InChI is InChI=1S/C9H10N2O4S/c1-4-6(9(14)15)11-7(13)5(2-10-3-12)8(11)16-4/h3,5,8H,2H2,1H3,(H,10,12)(H,14,15)/t5?,8-/m1/s1. The predicted molar refractivity (Wildman–Crippen MR) is 56.1 cm³/mol. The van der Waals surface area contributed by atoms with Gasteiger partial charge in [0, 0.05) is 11.4 Å². The number of thioether (sulfide) groups is 1. The highest BCUT2D eigenvalue weighted by atomic mass is 32.2. The summed E-state index contributed by atoms with van der Waals surface area (Å²) < 4.78 is 0. The van der Waals surface area contributed by atoms with Crippen LogP contribution in [0.4, 0.5) is 0 Å². The second kappa shape index (κ2) is 3.82. The Morgan fingerprint density at radius 2 is 2.38 bits per heavy atom. The first-order valence-electron chi connectivity index (χ1n) is 4.69. The molecular weight excluding hydrogens is 232 g/mol. The van der Waals surface area contributed by atoms with E-state index in [2.05, 4.69) is 5.32 Å². The quantitative estimate of drug-likeness (QED) is 0.516. The van der Waals surface area contributed by atoms with Crippen molar-refractivity contribution in [3.8, 4) is 0 Å². The number of allylic oxidation sites excluding steroid dienone is 1. The Hall–Kier alpha value is -1.50. The molecule has 2 atom stereocenters. The van der Waals surface area contributed by atoms with Crippen LogP contribution in [0.1, 0.15) is 6.92 Å². The number of rotatable bonds is 4. The van der Waals surface area contributed by atoms with Crippen molar-refractivity contribution in [3.05, 3.63) is 10.6 Å². The van der Waals surface area contributed by atoms with E-state index >= 15 is 0 Å². The van der Waals surface area contributed by atoms with E-state index in [1.54, 1.807) is 6.92 Å². The number of nitrogens with zero attached hydrogens (tertiary/aromatic N) is 1. The minimum atomic E-state index is -1.08. The zero-order valence-corrected chi connectivity index (χ0v) is 9.28. The Morgan fingerprint density at radius 3 is 2.94 bits per heavy atom. The summed E-state index contributed by atoms with van der Waals surface area (Å²) in [6.07, 6.45) is 0.536. The number of hydrogen-bond donors (Lipinski definition) is 2. The zero-order valence-electron chi connectivity index (χ0n) is 8.47. The van der Waals surface area contributed by atoms with E-state index < -0.39 is 5.97 Å². The largest absolute Gasteiger partial charge is 0.477 e. The van der Waals surface area contributed by atoms with Gasteiger partial charge in [0.25, 0.3) is 0 Å². The van der Waals surface area contributed by atoms with Gasteiger partial charge in [-0.05, 0) is 6.92 Å². The molecule has 6 nitrogen and oxygen atoms in total. The van der Waals surface area contributed by atoms with Crippen molar-refractivity contribution in [2.75, 3.05) is 6.54 Å². The number of nitrogens with one attached hydrogen (secondary N) is 1. The van der Waals surface area contributed by atoms with Gasteiger partial charge in [0.2, 0.25) is 12.3 Å². The summed E-state index contributed by atoms with van der Waals surface area (Å²) in [4.78, 5) is 34.7. The van der Waals surface area contributed by atoms with Gasteiger partial charge in [-0.1, -0.05) is 0 Å². The van der Waals surface area contributed by atoms with Gasteiger partial charge in [-0.3, -0.25) is 14.5 Å². The van der Waals surface area contributed by atoms with Gasteiger partial charge < -0.3 is 10.4 Å². The first-order valence-corrected chi connectivity index (χ1v) is 5.56. The molecule has 0 aromatic carbocycles. The van der Waals surface area contributed by atoms with Crippen molar-refractivity contribution in [2.45, 2.75) is 12.3 Å². The number of carboxylic acid groups (broad SMARTS) is 1. The van der Waals surface area contributed by atoms with Gasteiger partial charge in [0.05, 0.1) is 5.92 Å². The van der Waals surface area contributed by atoms with Crippen molar-refractivity contribution >= 4 is 30.0 Å². The van der Waals surface area contributed by atoms with Crippen molar-refractivity contribution in [1.29, 1.82) is 0 Å². The highest BCUT2D eigenvalue weighted by molar-refractivity contribution is 8.04. The molecule has 2 amide bonds. The van der Waals surface area contributed by atoms with E-state index in [9.17, 15) is 14.4 Å². The lowest BCUT2D eigenvalue weighted by molar-refractivity contribution is -0.151. The fourth-order valence-electron chi connectivity index (χ4n) is 1.92. The highest BCUT2D eigenvalue weighted by Gasteiger charge is 2.54. The lowest BCUT2D eigenvalue weighted by Crippen LogP contribution is -2.60. The molecule has 1 saturated heterocycles. The second-order valence-corrected chi connectivity index (χ2v) is 4.89. The number of carboxylic acids is 1. The van der Waals surface area contributed by atoms with Gasteiger partial charge >= 0.3 is 5.97 Å². The van der Waals surface area contributed by atoms with Crippen LogP contribution in [-0.2, 0) is 14.4 Å². The van der Waals surface area contributed by atoms with Crippen LogP contribution < -0.4 is 5.32 Å². The number of carbonyl (C=O) groups is 3. The second-order valence-electron chi connectivity index (χ2n) is 3.56. The maximum absolute atomic E-state index is 11.7. The van der Waals surface area contributed by atoms with Gasteiger partial charge in [-0.15, -0.1) is 11.8 Å². The molecule has 2 aliphatic rings. The van der Waals surface area contributed by atoms with Gasteiger partial charge in [-0.2, -0.15) is 0 Å². The molecule has 2 rings (SSSR count). The van der Waals surface area contributed by atoms with Crippen LogP contribution >= 0.6 is 11.8 Å². The monoisotopic (exact) mass is 242 g/mol. The Morgan fingerprint density at radius 1 is 1.69 bits per heavy atom. The summed E-state index contributed by atoms with van der Waals surface area (Å²) in [6, 6.07) is 0. The van der Waals surface area contributed by atoms with Crippen LogP contribution in [-0.4, -0.2) is 40.2 Å². The van der Waals surface area contributed by atoms with Crippen LogP contribution in [0.25, 0.3) is 0 Å². The number of aliphatic carboxylic acids is 1. The Balaban J connectivity index is 2.12. The molecule has 0 bridgehead atoms. The topological polar surface area (TPSA) is 86.7 Å². The third-order valence-corrected chi connectivity index (χ3v) is 3.98. The molecule has 1 fully saturated rings. The molecule has 0 aromatic heterocycles. The molecule has 86 valence electrons. The first-order chi connectivity index (χ1) is 7.57. The number of β-lactam (4-membered cyclic amide) rings is 1.